The fraction of sp³-hybridized carbons (Fsp3) is 0.947. The zero-order valence-electron chi connectivity index (χ0n) is 14.7. The lowest BCUT2D eigenvalue weighted by Crippen LogP contribution is -2.33. The van der Waals surface area contributed by atoms with Crippen molar-refractivity contribution in [1.82, 2.24) is 0 Å². The van der Waals surface area contributed by atoms with Crippen molar-refractivity contribution in [2.24, 2.45) is 17.8 Å². The predicted molar refractivity (Wildman–Crippen MR) is 87.5 cm³/mol. The van der Waals surface area contributed by atoms with Crippen molar-refractivity contribution in [1.29, 1.82) is 0 Å². The van der Waals surface area contributed by atoms with Gasteiger partial charge >= 0.3 is 12.1 Å². The van der Waals surface area contributed by atoms with Crippen molar-refractivity contribution in [3.8, 4) is 0 Å². The van der Waals surface area contributed by atoms with E-state index in [1.165, 1.54) is 25.7 Å². The summed E-state index contributed by atoms with van der Waals surface area (Å²) in [7, 11) is 0. The summed E-state index contributed by atoms with van der Waals surface area (Å²) in [5.41, 5.74) is 0. The molecule has 0 bridgehead atoms. The van der Waals surface area contributed by atoms with E-state index in [1.807, 2.05) is 0 Å². The van der Waals surface area contributed by atoms with Crippen LogP contribution in [0.2, 0.25) is 0 Å². The van der Waals surface area contributed by atoms with E-state index in [0.717, 1.165) is 31.6 Å². The summed E-state index contributed by atoms with van der Waals surface area (Å²) >= 11 is 0. The van der Waals surface area contributed by atoms with Gasteiger partial charge in [-0.25, -0.2) is 0 Å². The Kier molecular flexibility index (Phi) is 7.42. The molecule has 2 fully saturated rings. The summed E-state index contributed by atoms with van der Waals surface area (Å²) < 4.78 is 43.5. The van der Waals surface area contributed by atoms with E-state index in [0.29, 0.717) is 12.8 Å². The van der Waals surface area contributed by atoms with Crippen LogP contribution in [0.4, 0.5) is 13.2 Å². The number of carbonyl (C=O) groups excluding carboxylic acids is 1. The van der Waals surface area contributed by atoms with Gasteiger partial charge in [0.1, 0.15) is 6.10 Å². The average Bonchev–Trinajstić information content (AvgIpc) is 2.55. The Labute approximate surface area is 143 Å². The quantitative estimate of drug-likeness (QED) is 0.432. The molecule has 0 amide bonds. The van der Waals surface area contributed by atoms with Crippen LogP contribution in [-0.2, 0) is 9.53 Å². The Morgan fingerprint density at radius 1 is 0.958 bits per heavy atom. The molecule has 0 aromatic heterocycles. The Bertz CT molecular complexity index is 379. The SMILES string of the molecule is CCCCC[C@H]1CC[C@H](C(=O)O[C@H]2CC[C@H](C(F)(F)F)CC2)CC1. The first-order valence-electron chi connectivity index (χ1n) is 9.67. The summed E-state index contributed by atoms with van der Waals surface area (Å²) in [5, 5.41) is 0. The van der Waals surface area contributed by atoms with Crippen LogP contribution in [0.5, 0.6) is 0 Å². The summed E-state index contributed by atoms with van der Waals surface area (Å²) in [6.45, 7) is 2.20. The minimum Gasteiger partial charge on any atom is -0.462 e. The summed E-state index contributed by atoms with van der Waals surface area (Å²) in [4.78, 5) is 12.3. The van der Waals surface area contributed by atoms with E-state index >= 15 is 0 Å². The second-order valence-electron chi connectivity index (χ2n) is 7.67. The Morgan fingerprint density at radius 3 is 2.12 bits per heavy atom. The minimum absolute atomic E-state index is 0.0345. The van der Waals surface area contributed by atoms with E-state index in [9.17, 15) is 18.0 Å². The monoisotopic (exact) mass is 348 g/mol. The molecule has 24 heavy (non-hydrogen) atoms. The second-order valence-corrected chi connectivity index (χ2v) is 7.67. The number of esters is 1. The number of halogens is 3. The van der Waals surface area contributed by atoms with Gasteiger partial charge in [0.2, 0.25) is 0 Å². The number of hydrogen-bond acceptors (Lipinski definition) is 2. The molecule has 2 rings (SSSR count). The number of ether oxygens (including phenoxy) is 1. The van der Waals surface area contributed by atoms with Crippen molar-refractivity contribution < 1.29 is 22.7 Å². The van der Waals surface area contributed by atoms with Crippen molar-refractivity contribution in [2.75, 3.05) is 0 Å². The van der Waals surface area contributed by atoms with Gasteiger partial charge in [-0.15, -0.1) is 0 Å². The van der Waals surface area contributed by atoms with Crippen molar-refractivity contribution in [2.45, 2.75) is 96.3 Å². The number of hydrogen-bond donors (Lipinski definition) is 0. The topological polar surface area (TPSA) is 26.3 Å². The van der Waals surface area contributed by atoms with Crippen LogP contribution in [0.3, 0.4) is 0 Å². The first-order valence-corrected chi connectivity index (χ1v) is 9.67. The molecular weight excluding hydrogens is 317 g/mol. The van der Waals surface area contributed by atoms with E-state index < -0.39 is 12.1 Å². The average molecular weight is 348 g/mol. The molecule has 0 spiro atoms. The largest absolute Gasteiger partial charge is 0.462 e. The van der Waals surface area contributed by atoms with Gasteiger partial charge in [-0.3, -0.25) is 4.79 Å². The van der Waals surface area contributed by atoms with Crippen LogP contribution in [0.1, 0.15) is 84.0 Å². The molecule has 0 radical (unpaired) electrons. The minimum atomic E-state index is -4.11. The van der Waals surface area contributed by atoms with Crippen molar-refractivity contribution in [3.05, 3.63) is 0 Å². The van der Waals surface area contributed by atoms with E-state index in [-0.39, 0.29) is 30.8 Å². The van der Waals surface area contributed by atoms with Crippen LogP contribution < -0.4 is 0 Å². The fourth-order valence-electron chi connectivity index (χ4n) is 4.14. The Hall–Kier alpha value is -0.740. The molecule has 5 heteroatoms. The lowest BCUT2D eigenvalue weighted by atomic mass is 9.79. The van der Waals surface area contributed by atoms with Gasteiger partial charge in [-0.1, -0.05) is 32.6 Å². The zero-order chi connectivity index (χ0) is 17.6. The van der Waals surface area contributed by atoms with Gasteiger partial charge in [0.05, 0.1) is 11.8 Å². The van der Waals surface area contributed by atoms with Crippen LogP contribution in [-0.4, -0.2) is 18.2 Å². The highest BCUT2D eigenvalue weighted by Crippen LogP contribution is 2.39. The smallest absolute Gasteiger partial charge is 0.391 e. The van der Waals surface area contributed by atoms with Crippen LogP contribution in [0.25, 0.3) is 0 Å². The molecule has 0 aromatic carbocycles. The summed E-state index contributed by atoms with van der Waals surface area (Å²) in [6.07, 6.45) is 5.46. The van der Waals surface area contributed by atoms with E-state index in [2.05, 4.69) is 6.92 Å². The lowest BCUT2D eigenvalue weighted by Gasteiger charge is -2.32. The number of alkyl halides is 3. The van der Waals surface area contributed by atoms with Crippen molar-refractivity contribution in [3.63, 3.8) is 0 Å². The van der Waals surface area contributed by atoms with Gasteiger partial charge in [-0.2, -0.15) is 13.2 Å². The van der Waals surface area contributed by atoms with Crippen molar-refractivity contribution >= 4 is 5.97 Å². The molecular formula is C19H31F3O2. The maximum absolute atomic E-state index is 12.7. The molecule has 0 N–H and O–H groups in total. The highest BCUT2D eigenvalue weighted by molar-refractivity contribution is 5.72. The molecule has 2 aliphatic rings. The summed E-state index contributed by atoms with van der Waals surface area (Å²) in [5.74, 6) is -0.681. The maximum atomic E-state index is 12.7. The van der Waals surface area contributed by atoms with Gasteiger partial charge in [0.25, 0.3) is 0 Å². The molecule has 0 aromatic rings. The fourth-order valence-corrected chi connectivity index (χ4v) is 4.14. The molecule has 2 nitrogen and oxygen atoms in total. The molecule has 0 aliphatic heterocycles. The third kappa shape index (κ3) is 5.96. The van der Waals surface area contributed by atoms with E-state index in [4.69, 9.17) is 4.74 Å². The second kappa shape index (κ2) is 9.10. The highest BCUT2D eigenvalue weighted by atomic mass is 19.4. The first-order chi connectivity index (χ1) is 11.4. The third-order valence-electron chi connectivity index (χ3n) is 5.82. The lowest BCUT2D eigenvalue weighted by molar-refractivity contribution is -0.189. The molecule has 2 aliphatic carbocycles. The van der Waals surface area contributed by atoms with Gasteiger partial charge in [-0.05, 0) is 57.3 Å². The molecule has 140 valence electrons. The van der Waals surface area contributed by atoms with Crippen LogP contribution >= 0.6 is 0 Å². The number of carbonyl (C=O) groups is 1. The first kappa shape index (κ1) is 19.6. The van der Waals surface area contributed by atoms with Gasteiger partial charge in [0, 0.05) is 0 Å². The Morgan fingerprint density at radius 2 is 1.58 bits per heavy atom. The normalized spacial score (nSPS) is 31.7. The number of unbranched alkanes of at least 4 members (excludes halogenated alkanes) is 2. The molecule has 0 unspecified atom stereocenters. The molecule has 0 heterocycles. The van der Waals surface area contributed by atoms with Gasteiger partial charge in [0.15, 0.2) is 0 Å². The van der Waals surface area contributed by atoms with E-state index in [1.54, 1.807) is 0 Å². The molecule has 0 atom stereocenters. The third-order valence-corrected chi connectivity index (χ3v) is 5.82. The maximum Gasteiger partial charge on any atom is 0.391 e. The summed E-state index contributed by atoms with van der Waals surface area (Å²) in [6, 6.07) is 0. The Balaban J connectivity index is 1.65. The van der Waals surface area contributed by atoms with Crippen LogP contribution in [0, 0.1) is 17.8 Å². The molecule has 2 saturated carbocycles. The van der Waals surface area contributed by atoms with Crippen LogP contribution in [0.15, 0.2) is 0 Å². The van der Waals surface area contributed by atoms with Gasteiger partial charge < -0.3 is 4.74 Å². The zero-order valence-corrected chi connectivity index (χ0v) is 14.7. The highest BCUT2D eigenvalue weighted by Gasteiger charge is 2.42. The predicted octanol–water partition coefficient (Wildman–Crippen LogP) is 6.04. The standard InChI is InChI=1S/C19H31F3O2/c1-2-3-4-5-14-6-8-15(9-7-14)18(23)24-17-12-10-16(11-13-17)19(20,21)22/h14-17H,2-13H2,1H3/t14-,15-,16-,17-. The number of rotatable bonds is 6. The molecule has 0 saturated heterocycles.